The highest BCUT2D eigenvalue weighted by molar-refractivity contribution is 5.12. The van der Waals surface area contributed by atoms with Crippen LogP contribution in [-0.2, 0) is 9.47 Å². The van der Waals surface area contributed by atoms with Gasteiger partial charge in [-0.05, 0) is 36.5 Å². The summed E-state index contributed by atoms with van der Waals surface area (Å²) in [5.74, 6) is 3.32. The maximum Gasteiger partial charge on any atom is 0.218 e. The van der Waals surface area contributed by atoms with Crippen molar-refractivity contribution in [1.82, 2.24) is 4.90 Å². The van der Waals surface area contributed by atoms with Crippen LogP contribution in [0.4, 0.5) is 0 Å². The summed E-state index contributed by atoms with van der Waals surface area (Å²) in [5.41, 5.74) is 0. The average molecular weight is 223 g/mol. The van der Waals surface area contributed by atoms with E-state index in [0.29, 0.717) is 0 Å². The van der Waals surface area contributed by atoms with E-state index in [4.69, 9.17) is 9.47 Å². The molecule has 3 aliphatic carbocycles. The molecule has 1 heterocycles. The Labute approximate surface area is 97.4 Å². The molecule has 2 bridgehead atoms. The van der Waals surface area contributed by atoms with Gasteiger partial charge < -0.3 is 9.47 Å². The normalized spacial score (nSPS) is 41.9. The van der Waals surface area contributed by atoms with Gasteiger partial charge in [0.1, 0.15) is 0 Å². The standard InChI is InChI=1S/C13H21NO2/c1-15-13(16-2)14-7-11-9-3-4-10(6-5-9)12(11)8-14/h3-4,9-13H,5-8H2,1-2H3. The summed E-state index contributed by atoms with van der Waals surface area (Å²) < 4.78 is 10.7. The molecule has 3 heteroatoms. The SMILES string of the molecule is COC(OC)N1CC2C3C=CC(CC3)C2C1. The Morgan fingerprint density at radius 3 is 1.88 bits per heavy atom. The van der Waals surface area contributed by atoms with Crippen LogP contribution in [0.15, 0.2) is 12.2 Å². The number of likely N-dealkylation sites (tertiary alicyclic amines) is 1. The van der Waals surface area contributed by atoms with Crippen molar-refractivity contribution in [2.24, 2.45) is 23.7 Å². The van der Waals surface area contributed by atoms with E-state index in [1.807, 2.05) is 0 Å². The van der Waals surface area contributed by atoms with Gasteiger partial charge in [-0.15, -0.1) is 0 Å². The van der Waals surface area contributed by atoms with Gasteiger partial charge in [-0.2, -0.15) is 0 Å². The molecule has 4 aliphatic rings. The zero-order chi connectivity index (χ0) is 11.1. The molecule has 4 unspecified atom stereocenters. The first kappa shape index (κ1) is 10.8. The first-order valence-electron chi connectivity index (χ1n) is 6.31. The lowest BCUT2D eigenvalue weighted by Crippen LogP contribution is -2.36. The van der Waals surface area contributed by atoms with Crippen LogP contribution >= 0.6 is 0 Å². The molecular formula is C13H21NO2. The maximum atomic E-state index is 5.36. The summed E-state index contributed by atoms with van der Waals surface area (Å²) in [6.07, 6.45) is 7.53. The second-order valence-corrected chi connectivity index (χ2v) is 5.35. The van der Waals surface area contributed by atoms with Crippen LogP contribution in [0.25, 0.3) is 0 Å². The zero-order valence-corrected chi connectivity index (χ0v) is 10.1. The third-order valence-electron chi connectivity index (χ3n) is 4.68. The summed E-state index contributed by atoms with van der Waals surface area (Å²) in [6.45, 7) is 2.28. The topological polar surface area (TPSA) is 21.7 Å². The number of hydrogen-bond donors (Lipinski definition) is 0. The smallest absolute Gasteiger partial charge is 0.218 e. The van der Waals surface area contributed by atoms with Gasteiger partial charge in [-0.3, -0.25) is 4.90 Å². The molecule has 1 saturated carbocycles. The van der Waals surface area contributed by atoms with Crippen molar-refractivity contribution in [3.8, 4) is 0 Å². The minimum Gasteiger partial charge on any atom is -0.343 e. The van der Waals surface area contributed by atoms with E-state index < -0.39 is 0 Å². The maximum absolute atomic E-state index is 5.36. The summed E-state index contributed by atoms with van der Waals surface area (Å²) in [5, 5.41) is 0. The highest BCUT2D eigenvalue weighted by atomic mass is 16.7. The lowest BCUT2D eigenvalue weighted by molar-refractivity contribution is -0.190. The van der Waals surface area contributed by atoms with Crippen LogP contribution < -0.4 is 0 Å². The fourth-order valence-electron chi connectivity index (χ4n) is 3.94. The van der Waals surface area contributed by atoms with Gasteiger partial charge in [0.2, 0.25) is 6.41 Å². The molecule has 0 aromatic carbocycles. The third kappa shape index (κ3) is 1.53. The number of fused-ring (bicyclic) bond motifs is 1. The first-order chi connectivity index (χ1) is 7.83. The van der Waals surface area contributed by atoms with Gasteiger partial charge in [-0.25, -0.2) is 0 Å². The molecule has 0 spiro atoms. The Morgan fingerprint density at radius 2 is 1.50 bits per heavy atom. The van der Waals surface area contributed by atoms with Gasteiger partial charge in [0.25, 0.3) is 0 Å². The van der Waals surface area contributed by atoms with Crippen LogP contribution in [0.3, 0.4) is 0 Å². The molecule has 0 radical (unpaired) electrons. The molecule has 16 heavy (non-hydrogen) atoms. The van der Waals surface area contributed by atoms with Gasteiger partial charge in [-0.1, -0.05) is 12.2 Å². The molecule has 1 saturated heterocycles. The largest absolute Gasteiger partial charge is 0.343 e. The van der Waals surface area contributed by atoms with Gasteiger partial charge in [0.05, 0.1) is 0 Å². The third-order valence-corrected chi connectivity index (χ3v) is 4.68. The molecule has 0 aromatic rings. The van der Waals surface area contributed by atoms with E-state index in [0.717, 1.165) is 36.8 Å². The molecule has 0 amide bonds. The predicted octanol–water partition coefficient (Wildman–Crippen LogP) is 1.71. The molecule has 4 rings (SSSR count). The van der Waals surface area contributed by atoms with Crippen molar-refractivity contribution < 1.29 is 9.47 Å². The van der Waals surface area contributed by atoms with Crippen LogP contribution in [0.5, 0.6) is 0 Å². The monoisotopic (exact) mass is 223 g/mol. The average Bonchev–Trinajstić information content (AvgIpc) is 2.78. The minimum absolute atomic E-state index is 0.148. The lowest BCUT2D eigenvalue weighted by atomic mass is 9.64. The van der Waals surface area contributed by atoms with Crippen molar-refractivity contribution in [3.05, 3.63) is 12.2 Å². The summed E-state index contributed by atoms with van der Waals surface area (Å²) in [7, 11) is 3.45. The highest BCUT2D eigenvalue weighted by Crippen LogP contribution is 2.48. The Kier molecular flexibility index (Phi) is 2.78. The van der Waals surface area contributed by atoms with Crippen LogP contribution in [0.2, 0.25) is 0 Å². The number of nitrogens with zero attached hydrogens (tertiary/aromatic N) is 1. The summed E-state index contributed by atoms with van der Waals surface area (Å²) in [6, 6.07) is 0. The number of methoxy groups -OCH3 is 2. The van der Waals surface area contributed by atoms with Crippen molar-refractivity contribution in [1.29, 1.82) is 0 Å². The Hall–Kier alpha value is -0.380. The van der Waals surface area contributed by atoms with Crippen LogP contribution in [0.1, 0.15) is 12.8 Å². The molecule has 0 aromatic heterocycles. The predicted molar refractivity (Wildman–Crippen MR) is 61.7 cm³/mol. The number of allylic oxidation sites excluding steroid dienone is 2. The van der Waals surface area contributed by atoms with E-state index >= 15 is 0 Å². The van der Waals surface area contributed by atoms with E-state index in [2.05, 4.69) is 17.1 Å². The quantitative estimate of drug-likeness (QED) is 0.537. The van der Waals surface area contributed by atoms with Crippen molar-refractivity contribution in [2.75, 3.05) is 27.3 Å². The molecule has 90 valence electrons. The minimum atomic E-state index is -0.148. The van der Waals surface area contributed by atoms with Crippen molar-refractivity contribution in [3.63, 3.8) is 0 Å². The molecule has 2 fully saturated rings. The fourth-order valence-corrected chi connectivity index (χ4v) is 3.94. The fraction of sp³-hybridized carbons (Fsp3) is 0.846. The second kappa shape index (κ2) is 4.13. The van der Waals surface area contributed by atoms with Crippen LogP contribution in [0, 0.1) is 23.7 Å². The van der Waals surface area contributed by atoms with Crippen molar-refractivity contribution >= 4 is 0 Å². The summed E-state index contributed by atoms with van der Waals surface area (Å²) in [4.78, 5) is 2.35. The number of rotatable bonds is 3. The van der Waals surface area contributed by atoms with Crippen LogP contribution in [-0.4, -0.2) is 38.6 Å². The van der Waals surface area contributed by atoms with Gasteiger partial charge in [0.15, 0.2) is 0 Å². The van der Waals surface area contributed by atoms with E-state index in [1.54, 1.807) is 14.2 Å². The van der Waals surface area contributed by atoms with E-state index in [-0.39, 0.29) is 6.41 Å². The lowest BCUT2D eigenvalue weighted by Gasteiger charge is -2.40. The molecule has 1 aliphatic heterocycles. The first-order valence-corrected chi connectivity index (χ1v) is 6.31. The number of ether oxygens (including phenoxy) is 2. The molecular weight excluding hydrogens is 202 g/mol. The molecule has 3 nitrogen and oxygen atoms in total. The Bertz CT molecular complexity index is 266. The zero-order valence-electron chi connectivity index (χ0n) is 10.1. The molecule has 4 atom stereocenters. The summed E-state index contributed by atoms with van der Waals surface area (Å²) >= 11 is 0. The van der Waals surface area contributed by atoms with Gasteiger partial charge >= 0.3 is 0 Å². The second-order valence-electron chi connectivity index (χ2n) is 5.35. The van der Waals surface area contributed by atoms with E-state index in [1.165, 1.54) is 12.8 Å². The highest BCUT2D eigenvalue weighted by Gasteiger charge is 2.47. The molecule has 0 N–H and O–H groups in total. The Balaban J connectivity index is 1.73. The van der Waals surface area contributed by atoms with E-state index in [9.17, 15) is 0 Å². The Morgan fingerprint density at radius 1 is 1.00 bits per heavy atom. The number of hydrogen-bond acceptors (Lipinski definition) is 3. The van der Waals surface area contributed by atoms with Crippen molar-refractivity contribution in [2.45, 2.75) is 19.3 Å². The van der Waals surface area contributed by atoms with Gasteiger partial charge in [0, 0.05) is 27.3 Å².